The van der Waals surface area contributed by atoms with Gasteiger partial charge in [0.05, 0.1) is 11.1 Å². The van der Waals surface area contributed by atoms with E-state index in [2.05, 4.69) is 5.32 Å². The van der Waals surface area contributed by atoms with Gasteiger partial charge in [0.2, 0.25) is 5.91 Å². The lowest BCUT2D eigenvalue weighted by Gasteiger charge is -2.12. The fourth-order valence-electron chi connectivity index (χ4n) is 3.13. The average molecular weight is 409 g/mol. The minimum Gasteiger partial charge on any atom is -0.324 e. The van der Waals surface area contributed by atoms with Crippen LogP contribution in [0, 0.1) is 12.7 Å². The van der Waals surface area contributed by atoms with Crippen LogP contribution in [-0.2, 0) is 11.3 Å². The predicted molar refractivity (Wildman–Crippen MR) is 111 cm³/mol. The third kappa shape index (κ3) is 3.62. The van der Waals surface area contributed by atoms with Crippen molar-refractivity contribution in [3.05, 3.63) is 92.2 Å². The molecule has 4 rings (SSSR count). The Morgan fingerprint density at radius 1 is 1.07 bits per heavy atom. The molecule has 0 saturated carbocycles. The minimum absolute atomic E-state index is 0.290. The number of benzene rings is 2. The smallest absolute Gasteiger partial charge is 0.324 e. The van der Waals surface area contributed by atoms with E-state index >= 15 is 0 Å². The highest BCUT2D eigenvalue weighted by molar-refractivity contribution is 7.18. The van der Waals surface area contributed by atoms with Crippen LogP contribution in [0.15, 0.2) is 70.3 Å². The first-order valence-corrected chi connectivity index (χ1v) is 9.62. The van der Waals surface area contributed by atoms with E-state index in [1.165, 1.54) is 34.1 Å². The van der Waals surface area contributed by atoms with E-state index in [1.54, 1.807) is 42.5 Å². The number of para-hydroxylation sites is 1. The van der Waals surface area contributed by atoms with Crippen LogP contribution in [0.5, 0.6) is 0 Å². The maximum atomic E-state index is 13.4. The van der Waals surface area contributed by atoms with Crippen LogP contribution in [0.25, 0.3) is 15.9 Å². The topological polar surface area (TPSA) is 73.1 Å². The number of hydrogen-bond donors (Lipinski definition) is 1. The van der Waals surface area contributed by atoms with Gasteiger partial charge in [0, 0.05) is 10.6 Å². The second-order valence-corrected chi connectivity index (χ2v) is 7.71. The quantitative estimate of drug-likeness (QED) is 0.562. The Morgan fingerprint density at radius 2 is 1.83 bits per heavy atom. The number of nitrogens with one attached hydrogen (secondary N) is 1. The standard InChI is InChI=1S/C21H16FN3O3S/c1-13-10-17-19(27)25(16-8-3-2-4-9-16)21(28)24(20(17)29-13)12-18(26)23-15-7-5-6-14(22)11-15/h2-11H,12H2,1H3,(H,23,26). The van der Waals surface area contributed by atoms with Crippen molar-refractivity contribution < 1.29 is 9.18 Å². The highest BCUT2D eigenvalue weighted by atomic mass is 32.1. The Balaban J connectivity index is 1.82. The molecule has 0 radical (unpaired) electrons. The number of aromatic nitrogens is 2. The first-order chi connectivity index (χ1) is 13.9. The largest absolute Gasteiger partial charge is 0.337 e. The van der Waals surface area contributed by atoms with Crippen LogP contribution in [-0.4, -0.2) is 15.0 Å². The van der Waals surface area contributed by atoms with Gasteiger partial charge in [-0.15, -0.1) is 11.3 Å². The van der Waals surface area contributed by atoms with E-state index in [0.29, 0.717) is 15.9 Å². The molecule has 0 atom stereocenters. The lowest BCUT2D eigenvalue weighted by molar-refractivity contribution is -0.116. The van der Waals surface area contributed by atoms with E-state index in [0.717, 1.165) is 9.44 Å². The molecule has 4 aromatic rings. The zero-order chi connectivity index (χ0) is 20.5. The molecule has 2 aromatic carbocycles. The lowest BCUT2D eigenvalue weighted by atomic mass is 10.3. The summed E-state index contributed by atoms with van der Waals surface area (Å²) in [7, 11) is 0. The molecule has 0 spiro atoms. The molecule has 0 fully saturated rings. The van der Waals surface area contributed by atoms with Crippen molar-refractivity contribution in [3.63, 3.8) is 0 Å². The zero-order valence-electron chi connectivity index (χ0n) is 15.4. The fraction of sp³-hybridized carbons (Fsp3) is 0.0952. The molecule has 8 heteroatoms. The van der Waals surface area contributed by atoms with Crippen LogP contribution in [0.1, 0.15) is 4.88 Å². The van der Waals surface area contributed by atoms with E-state index in [1.807, 2.05) is 6.92 Å². The minimum atomic E-state index is -0.607. The summed E-state index contributed by atoms with van der Waals surface area (Å²) in [6, 6.07) is 15.8. The number of hydrogen-bond acceptors (Lipinski definition) is 4. The van der Waals surface area contributed by atoms with E-state index in [-0.39, 0.29) is 12.2 Å². The second kappa shape index (κ2) is 7.48. The molecule has 2 heterocycles. The van der Waals surface area contributed by atoms with Gasteiger partial charge < -0.3 is 5.32 Å². The number of fused-ring (bicyclic) bond motifs is 1. The van der Waals surface area contributed by atoms with Gasteiger partial charge in [-0.05, 0) is 43.3 Å². The summed E-state index contributed by atoms with van der Waals surface area (Å²) < 4.78 is 15.7. The summed E-state index contributed by atoms with van der Waals surface area (Å²) in [5.74, 6) is -0.975. The Labute approximate surface area is 168 Å². The number of carbonyl (C=O) groups is 1. The van der Waals surface area contributed by atoms with Crippen LogP contribution >= 0.6 is 11.3 Å². The normalized spacial score (nSPS) is 11.0. The fourth-order valence-corrected chi connectivity index (χ4v) is 4.12. The number of aryl methyl sites for hydroxylation is 1. The van der Waals surface area contributed by atoms with E-state index in [9.17, 15) is 18.8 Å². The summed E-state index contributed by atoms with van der Waals surface area (Å²) in [6.45, 7) is 1.53. The van der Waals surface area contributed by atoms with Crippen molar-refractivity contribution in [1.82, 2.24) is 9.13 Å². The van der Waals surface area contributed by atoms with Gasteiger partial charge in [0.1, 0.15) is 17.2 Å². The van der Waals surface area contributed by atoms with Crippen LogP contribution in [0.2, 0.25) is 0 Å². The molecular formula is C21H16FN3O3S. The molecule has 0 unspecified atom stereocenters. The third-order valence-corrected chi connectivity index (χ3v) is 5.43. The first kappa shape index (κ1) is 18.8. The van der Waals surface area contributed by atoms with Gasteiger partial charge in [0.25, 0.3) is 5.56 Å². The molecule has 0 aliphatic heterocycles. The number of carbonyl (C=O) groups excluding carboxylic acids is 1. The summed E-state index contributed by atoms with van der Waals surface area (Å²) >= 11 is 1.27. The molecule has 146 valence electrons. The van der Waals surface area contributed by atoms with Gasteiger partial charge in [-0.25, -0.2) is 13.8 Å². The first-order valence-electron chi connectivity index (χ1n) is 8.81. The van der Waals surface area contributed by atoms with Crippen molar-refractivity contribution in [2.24, 2.45) is 0 Å². The third-order valence-electron chi connectivity index (χ3n) is 4.36. The predicted octanol–water partition coefficient (Wildman–Crippen LogP) is 3.30. The number of amides is 1. The van der Waals surface area contributed by atoms with Crippen molar-refractivity contribution >= 4 is 33.1 Å². The van der Waals surface area contributed by atoms with Crippen molar-refractivity contribution in [2.45, 2.75) is 13.5 Å². The monoisotopic (exact) mass is 409 g/mol. The van der Waals surface area contributed by atoms with Crippen LogP contribution < -0.4 is 16.6 Å². The summed E-state index contributed by atoms with van der Waals surface area (Å²) in [4.78, 5) is 39.9. The second-order valence-electron chi connectivity index (χ2n) is 6.48. The lowest BCUT2D eigenvalue weighted by Crippen LogP contribution is -2.40. The highest BCUT2D eigenvalue weighted by Crippen LogP contribution is 2.22. The average Bonchev–Trinajstić information content (AvgIpc) is 3.08. The number of nitrogens with zero attached hydrogens (tertiary/aromatic N) is 2. The summed E-state index contributed by atoms with van der Waals surface area (Å²) in [6.07, 6.45) is 0. The van der Waals surface area contributed by atoms with E-state index in [4.69, 9.17) is 0 Å². The maximum Gasteiger partial charge on any atom is 0.337 e. The zero-order valence-corrected chi connectivity index (χ0v) is 16.2. The SMILES string of the molecule is Cc1cc2c(=O)n(-c3ccccc3)c(=O)n(CC(=O)Nc3cccc(F)c3)c2s1. The van der Waals surface area contributed by atoms with Gasteiger partial charge >= 0.3 is 5.69 Å². The molecule has 1 amide bonds. The number of thiophene rings is 1. The number of rotatable bonds is 4. The van der Waals surface area contributed by atoms with Gasteiger partial charge in [-0.3, -0.25) is 14.2 Å². The molecule has 0 saturated heterocycles. The molecule has 0 bridgehead atoms. The summed E-state index contributed by atoms with van der Waals surface area (Å²) in [5, 5.41) is 2.95. The molecular weight excluding hydrogens is 393 g/mol. The molecule has 2 aromatic heterocycles. The molecule has 0 aliphatic rings. The van der Waals surface area contributed by atoms with Crippen molar-refractivity contribution in [3.8, 4) is 5.69 Å². The van der Waals surface area contributed by atoms with Crippen molar-refractivity contribution in [2.75, 3.05) is 5.32 Å². The Bertz CT molecular complexity index is 1340. The van der Waals surface area contributed by atoms with Crippen LogP contribution in [0.3, 0.4) is 0 Å². The van der Waals surface area contributed by atoms with Gasteiger partial charge in [0.15, 0.2) is 0 Å². The Hall–Kier alpha value is -3.52. The van der Waals surface area contributed by atoms with Gasteiger partial charge in [-0.1, -0.05) is 24.3 Å². The number of halogens is 1. The van der Waals surface area contributed by atoms with Gasteiger partial charge in [-0.2, -0.15) is 0 Å². The maximum absolute atomic E-state index is 13.4. The molecule has 29 heavy (non-hydrogen) atoms. The Morgan fingerprint density at radius 3 is 2.55 bits per heavy atom. The van der Waals surface area contributed by atoms with E-state index < -0.39 is 23.0 Å². The molecule has 6 nitrogen and oxygen atoms in total. The Kier molecular flexibility index (Phi) is 4.85. The highest BCUT2D eigenvalue weighted by Gasteiger charge is 2.18. The van der Waals surface area contributed by atoms with Crippen molar-refractivity contribution in [1.29, 1.82) is 0 Å². The molecule has 1 N–H and O–H groups in total. The molecule has 0 aliphatic carbocycles. The van der Waals surface area contributed by atoms with Crippen LogP contribution in [0.4, 0.5) is 10.1 Å². The summed E-state index contributed by atoms with van der Waals surface area (Å²) in [5.41, 5.74) is -0.321. The number of anilines is 1.